The second-order valence-corrected chi connectivity index (χ2v) is 8.88. The molecule has 0 saturated carbocycles. The van der Waals surface area contributed by atoms with Gasteiger partial charge in [0.1, 0.15) is 4.90 Å². The van der Waals surface area contributed by atoms with Gasteiger partial charge in [0.2, 0.25) is 21.6 Å². The number of nitrogens with zero attached hydrogens (tertiary/aromatic N) is 3. The molecule has 0 bridgehead atoms. The van der Waals surface area contributed by atoms with Crippen molar-refractivity contribution in [2.75, 3.05) is 14.2 Å². The van der Waals surface area contributed by atoms with Crippen LogP contribution in [0.2, 0.25) is 0 Å². The van der Waals surface area contributed by atoms with Gasteiger partial charge in [0.05, 0.1) is 25.3 Å². The van der Waals surface area contributed by atoms with Crippen molar-refractivity contribution < 1.29 is 22.7 Å². The van der Waals surface area contributed by atoms with E-state index in [-0.39, 0.29) is 33.8 Å². The Hall–Kier alpha value is -3.79. The van der Waals surface area contributed by atoms with Crippen LogP contribution < -0.4 is 9.47 Å². The molecule has 164 valence electrons. The minimum Gasteiger partial charge on any atom is -0.481 e. The van der Waals surface area contributed by atoms with Crippen LogP contribution in [0.3, 0.4) is 0 Å². The zero-order chi connectivity index (χ0) is 22.7. The second-order valence-electron chi connectivity index (χ2n) is 6.96. The van der Waals surface area contributed by atoms with Gasteiger partial charge >= 0.3 is 0 Å². The van der Waals surface area contributed by atoms with E-state index in [2.05, 4.69) is 20.2 Å². The Labute approximate surface area is 184 Å². The number of carbonyl (C=O) groups excluding carboxylic acids is 1. The van der Waals surface area contributed by atoms with E-state index in [1.165, 1.54) is 44.7 Å². The number of H-pyrrole nitrogens is 1. The molecule has 0 amide bonds. The molecule has 9 nitrogen and oxygen atoms in total. The van der Waals surface area contributed by atoms with E-state index in [0.29, 0.717) is 17.6 Å². The largest absolute Gasteiger partial charge is 0.481 e. The molecule has 0 spiro atoms. The van der Waals surface area contributed by atoms with Crippen LogP contribution in [0.1, 0.15) is 22.3 Å². The number of benzene rings is 1. The number of aryl methyl sites for hydroxylation is 1. The van der Waals surface area contributed by atoms with Crippen LogP contribution in [0, 0.1) is 0 Å². The molecule has 0 aliphatic carbocycles. The highest BCUT2D eigenvalue weighted by Gasteiger charge is 2.24. The van der Waals surface area contributed by atoms with Crippen LogP contribution in [0.15, 0.2) is 64.6 Å². The molecule has 0 fully saturated rings. The van der Waals surface area contributed by atoms with E-state index in [1.54, 1.807) is 24.4 Å². The summed E-state index contributed by atoms with van der Waals surface area (Å²) in [6.07, 6.45) is 3.88. The molecule has 4 rings (SSSR count). The maximum atomic E-state index is 13.0. The van der Waals surface area contributed by atoms with Crippen molar-refractivity contribution in [3.8, 4) is 11.8 Å². The van der Waals surface area contributed by atoms with Crippen molar-refractivity contribution in [1.82, 2.24) is 20.2 Å². The number of aromatic amines is 1. The fraction of sp³-hybridized carbons (Fsp3) is 0.182. The molecule has 4 aromatic rings. The average Bonchev–Trinajstić information content (AvgIpc) is 3.30. The standard InChI is InChI=1S/C22H20N4O5S/c1-30-20-10-9-19(22(25-20)31-2)32(28,29)17-6-3-14(4-7-17)5-8-18(27)15-11-16-13-24-26-21(16)23-12-15/h3-4,6-7,9-13H,5,8H2,1-2H3,(H,23,24,26). The zero-order valence-corrected chi connectivity index (χ0v) is 18.2. The molecule has 0 unspecified atom stereocenters. The Balaban J connectivity index is 1.48. The van der Waals surface area contributed by atoms with Crippen LogP contribution >= 0.6 is 0 Å². The molecule has 3 aromatic heterocycles. The van der Waals surface area contributed by atoms with E-state index in [4.69, 9.17) is 9.47 Å². The van der Waals surface area contributed by atoms with E-state index in [0.717, 1.165) is 10.9 Å². The highest BCUT2D eigenvalue weighted by Crippen LogP contribution is 2.30. The van der Waals surface area contributed by atoms with Gasteiger partial charge in [-0.15, -0.1) is 0 Å². The highest BCUT2D eigenvalue weighted by molar-refractivity contribution is 7.91. The number of hydrogen-bond acceptors (Lipinski definition) is 8. The van der Waals surface area contributed by atoms with Crippen LogP contribution in [0.5, 0.6) is 11.8 Å². The van der Waals surface area contributed by atoms with Gasteiger partial charge in [0.15, 0.2) is 11.4 Å². The quantitative estimate of drug-likeness (QED) is 0.405. The number of nitrogens with one attached hydrogen (secondary N) is 1. The highest BCUT2D eigenvalue weighted by atomic mass is 32.2. The molecule has 32 heavy (non-hydrogen) atoms. The summed E-state index contributed by atoms with van der Waals surface area (Å²) in [5.41, 5.74) is 1.98. The van der Waals surface area contributed by atoms with Gasteiger partial charge in [-0.3, -0.25) is 9.89 Å². The number of fused-ring (bicyclic) bond motifs is 1. The number of sulfone groups is 1. The molecule has 0 radical (unpaired) electrons. The lowest BCUT2D eigenvalue weighted by atomic mass is 10.0. The molecule has 1 aromatic carbocycles. The van der Waals surface area contributed by atoms with Crippen molar-refractivity contribution in [3.63, 3.8) is 0 Å². The van der Waals surface area contributed by atoms with Gasteiger partial charge in [-0.2, -0.15) is 10.1 Å². The number of aromatic nitrogens is 4. The molecule has 1 N–H and O–H groups in total. The lowest BCUT2D eigenvalue weighted by molar-refractivity contribution is 0.0982. The summed E-state index contributed by atoms with van der Waals surface area (Å²) in [6, 6.07) is 11.0. The second kappa shape index (κ2) is 8.75. The van der Waals surface area contributed by atoms with Crippen LogP contribution in [-0.2, 0) is 16.3 Å². The van der Waals surface area contributed by atoms with Crippen LogP contribution in [-0.4, -0.2) is 48.6 Å². The predicted molar refractivity (Wildman–Crippen MR) is 116 cm³/mol. The molecule has 0 atom stereocenters. The number of methoxy groups -OCH3 is 2. The number of ketones is 1. The number of rotatable bonds is 8. The van der Waals surface area contributed by atoms with Crippen LogP contribution in [0.25, 0.3) is 11.0 Å². The Morgan fingerprint density at radius 3 is 2.53 bits per heavy atom. The molecule has 10 heteroatoms. The fourth-order valence-corrected chi connectivity index (χ4v) is 4.58. The fourth-order valence-electron chi connectivity index (χ4n) is 3.23. The SMILES string of the molecule is COc1ccc(S(=O)(=O)c2ccc(CCC(=O)c3cnc4[nH]ncc4c3)cc2)c(OC)n1. The summed E-state index contributed by atoms with van der Waals surface area (Å²) < 4.78 is 36.2. The molecule has 0 aliphatic heterocycles. The van der Waals surface area contributed by atoms with E-state index in [9.17, 15) is 13.2 Å². The number of hydrogen-bond donors (Lipinski definition) is 1. The summed E-state index contributed by atoms with van der Waals surface area (Å²) in [7, 11) is -1.06. The van der Waals surface area contributed by atoms with Crippen molar-refractivity contribution >= 4 is 26.7 Å². The molecule has 3 heterocycles. The topological polar surface area (TPSA) is 124 Å². The zero-order valence-electron chi connectivity index (χ0n) is 17.4. The van der Waals surface area contributed by atoms with Gasteiger partial charge in [-0.05, 0) is 36.2 Å². The summed E-state index contributed by atoms with van der Waals surface area (Å²) in [6.45, 7) is 0. The van der Waals surface area contributed by atoms with Gasteiger partial charge in [-0.1, -0.05) is 12.1 Å². The van der Waals surface area contributed by atoms with E-state index < -0.39 is 9.84 Å². The number of Topliss-reactive ketones (excluding diaryl/α,β-unsaturated/α-hetero) is 1. The Morgan fingerprint density at radius 2 is 1.81 bits per heavy atom. The third-order valence-electron chi connectivity index (χ3n) is 4.98. The first kappa shape index (κ1) is 21.4. The number of pyridine rings is 2. The van der Waals surface area contributed by atoms with E-state index >= 15 is 0 Å². The third kappa shape index (κ3) is 4.17. The average molecular weight is 452 g/mol. The van der Waals surface area contributed by atoms with Crippen molar-refractivity contribution in [2.24, 2.45) is 0 Å². The summed E-state index contributed by atoms with van der Waals surface area (Å²) >= 11 is 0. The molecule has 0 saturated heterocycles. The van der Waals surface area contributed by atoms with Crippen molar-refractivity contribution in [3.05, 3.63) is 66.0 Å². The summed E-state index contributed by atoms with van der Waals surface area (Å²) in [5.74, 6) is 0.163. The van der Waals surface area contributed by atoms with E-state index in [1.807, 2.05) is 0 Å². The van der Waals surface area contributed by atoms with Gasteiger partial charge in [0.25, 0.3) is 0 Å². The molecular formula is C22H20N4O5S. The number of ether oxygens (including phenoxy) is 2. The Kier molecular flexibility index (Phi) is 5.87. The van der Waals surface area contributed by atoms with Crippen molar-refractivity contribution in [1.29, 1.82) is 0 Å². The number of carbonyl (C=O) groups is 1. The molecular weight excluding hydrogens is 432 g/mol. The minimum atomic E-state index is -3.84. The van der Waals surface area contributed by atoms with Crippen LogP contribution in [0.4, 0.5) is 0 Å². The smallest absolute Gasteiger partial charge is 0.235 e. The maximum absolute atomic E-state index is 13.0. The van der Waals surface area contributed by atoms with Gasteiger partial charge < -0.3 is 9.47 Å². The Morgan fingerprint density at radius 1 is 1.03 bits per heavy atom. The lowest BCUT2D eigenvalue weighted by Crippen LogP contribution is -2.07. The first-order valence-corrected chi connectivity index (χ1v) is 11.2. The maximum Gasteiger partial charge on any atom is 0.235 e. The molecule has 0 aliphatic rings. The minimum absolute atomic E-state index is 0.0396. The first-order valence-electron chi connectivity index (χ1n) is 9.68. The van der Waals surface area contributed by atoms with Gasteiger partial charge in [0, 0.05) is 29.6 Å². The predicted octanol–water partition coefficient (Wildman–Crippen LogP) is 3.02. The van der Waals surface area contributed by atoms with Gasteiger partial charge in [-0.25, -0.2) is 13.4 Å². The normalized spacial score (nSPS) is 11.4. The summed E-state index contributed by atoms with van der Waals surface area (Å²) in [5, 5.41) is 7.42. The van der Waals surface area contributed by atoms with Crippen molar-refractivity contribution in [2.45, 2.75) is 22.6 Å². The third-order valence-corrected chi connectivity index (χ3v) is 6.76. The monoisotopic (exact) mass is 452 g/mol. The first-order chi connectivity index (χ1) is 15.4. The lowest BCUT2D eigenvalue weighted by Gasteiger charge is -2.10. The Bertz CT molecular complexity index is 1380. The summed E-state index contributed by atoms with van der Waals surface area (Å²) in [4.78, 5) is 20.8.